The Morgan fingerprint density at radius 1 is 1.08 bits per heavy atom. The molecule has 2 aromatic rings. The van der Waals surface area contributed by atoms with Gasteiger partial charge in [0.2, 0.25) is 5.91 Å². The fourth-order valence-corrected chi connectivity index (χ4v) is 3.25. The normalized spacial score (nSPS) is 17.2. The van der Waals surface area contributed by atoms with E-state index in [4.69, 9.17) is 0 Å². The van der Waals surface area contributed by atoms with Gasteiger partial charge in [0.1, 0.15) is 0 Å². The molecule has 25 heavy (non-hydrogen) atoms. The molecule has 4 heteroatoms. The minimum absolute atomic E-state index is 0.0206. The summed E-state index contributed by atoms with van der Waals surface area (Å²) in [6, 6.07) is 18.6. The first-order valence-corrected chi connectivity index (χ1v) is 8.97. The number of hydrogen-bond acceptors (Lipinski definition) is 3. The van der Waals surface area contributed by atoms with Gasteiger partial charge in [0.15, 0.2) is 0 Å². The molecule has 0 saturated carbocycles. The Balaban J connectivity index is 1.54. The van der Waals surface area contributed by atoms with E-state index in [1.54, 1.807) is 0 Å². The van der Waals surface area contributed by atoms with Crippen molar-refractivity contribution in [3.05, 3.63) is 60.2 Å². The van der Waals surface area contributed by atoms with Crippen LogP contribution in [0.25, 0.3) is 11.1 Å². The van der Waals surface area contributed by atoms with E-state index in [1.165, 1.54) is 11.1 Å². The second kappa shape index (κ2) is 8.28. The predicted molar refractivity (Wildman–Crippen MR) is 100 cm³/mol. The van der Waals surface area contributed by atoms with Gasteiger partial charge >= 0.3 is 0 Å². The Hall–Kier alpha value is -2.17. The lowest BCUT2D eigenvalue weighted by molar-refractivity contribution is -0.123. The third-order valence-corrected chi connectivity index (χ3v) is 4.82. The number of benzene rings is 2. The number of rotatable bonds is 5. The molecule has 4 nitrogen and oxygen atoms in total. The summed E-state index contributed by atoms with van der Waals surface area (Å²) in [6.45, 7) is 3.98. The summed E-state index contributed by atoms with van der Waals surface area (Å²) in [5.41, 5.74) is 3.47. The largest absolute Gasteiger partial charge is 0.393 e. The quantitative estimate of drug-likeness (QED) is 0.881. The lowest BCUT2D eigenvalue weighted by Gasteiger charge is -2.29. The average molecular weight is 338 g/mol. The van der Waals surface area contributed by atoms with Crippen LogP contribution >= 0.6 is 0 Å². The van der Waals surface area contributed by atoms with Gasteiger partial charge in [0.25, 0.3) is 0 Å². The lowest BCUT2D eigenvalue weighted by Crippen LogP contribution is -2.43. The molecule has 3 rings (SSSR count). The Morgan fingerprint density at radius 2 is 1.68 bits per heavy atom. The summed E-state index contributed by atoms with van der Waals surface area (Å²) < 4.78 is 0. The van der Waals surface area contributed by atoms with Gasteiger partial charge in [-0.3, -0.25) is 9.69 Å². The van der Waals surface area contributed by atoms with Crippen LogP contribution in [0.1, 0.15) is 31.4 Å². The van der Waals surface area contributed by atoms with E-state index < -0.39 is 0 Å². The number of aliphatic hydroxyl groups excluding tert-OH is 1. The van der Waals surface area contributed by atoms with Gasteiger partial charge < -0.3 is 10.4 Å². The third kappa shape index (κ3) is 4.91. The van der Waals surface area contributed by atoms with E-state index in [0.29, 0.717) is 6.54 Å². The minimum atomic E-state index is -0.207. The Morgan fingerprint density at radius 3 is 2.32 bits per heavy atom. The van der Waals surface area contributed by atoms with Crippen LogP contribution in [0, 0.1) is 0 Å². The zero-order chi connectivity index (χ0) is 17.6. The van der Waals surface area contributed by atoms with Crippen molar-refractivity contribution in [2.75, 3.05) is 19.6 Å². The molecule has 0 aromatic heterocycles. The van der Waals surface area contributed by atoms with E-state index in [-0.39, 0.29) is 18.1 Å². The maximum absolute atomic E-state index is 12.2. The fraction of sp³-hybridized carbons (Fsp3) is 0.381. The van der Waals surface area contributed by atoms with Gasteiger partial charge in [0, 0.05) is 13.1 Å². The Kier molecular flexibility index (Phi) is 5.84. The summed E-state index contributed by atoms with van der Waals surface area (Å²) in [4.78, 5) is 14.4. The molecular weight excluding hydrogens is 312 g/mol. The van der Waals surface area contributed by atoms with Crippen molar-refractivity contribution in [1.82, 2.24) is 10.2 Å². The highest BCUT2D eigenvalue weighted by atomic mass is 16.3. The molecule has 1 saturated heterocycles. The maximum Gasteiger partial charge on any atom is 0.234 e. The number of aliphatic hydroxyl groups is 1. The molecule has 1 aliphatic heterocycles. The molecule has 2 N–H and O–H groups in total. The number of nitrogens with zero attached hydrogens (tertiary/aromatic N) is 1. The van der Waals surface area contributed by atoms with E-state index in [1.807, 2.05) is 25.1 Å². The third-order valence-electron chi connectivity index (χ3n) is 4.82. The highest BCUT2D eigenvalue weighted by Gasteiger charge is 2.19. The summed E-state index contributed by atoms with van der Waals surface area (Å²) in [7, 11) is 0. The van der Waals surface area contributed by atoms with Crippen LogP contribution in [-0.4, -0.2) is 41.7 Å². The molecule has 0 unspecified atom stereocenters. The standard InChI is InChI=1S/C21H26N2O2/c1-16(22-21(25)15-23-13-11-20(24)12-14-23)17-7-9-19(10-8-17)18-5-3-2-4-6-18/h2-10,16,20,24H,11-15H2,1H3,(H,22,25)/t16-/m1/s1. The monoisotopic (exact) mass is 338 g/mol. The van der Waals surface area contributed by atoms with Crippen LogP contribution in [0.3, 0.4) is 0 Å². The van der Waals surface area contributed by atoms with Gasteiger partial charge in [-0.1, -0.05) is 54.6 Å². The number of piperidine rings is 1. The average Bonchev–Trinajstić information content (AvgIpc) is 2.64. The molecule has 1 heterocycles. The molecular formula is C21H26N2O2. The predicted octanol–water partition coefficient (Wildman–Crippen LogP) is 2.99. The number of hydrogen-bond donors (Lipinski definition) is 2. The number of amides is 1. The van der Waals surface area contributed by atoms with Gasteiger partial charge in [-0.15, -0.1) is 0 Å². The molecule has 0 spiro atoms. The first-order chi connectivity index (χ1) is 12.1. The summed E-state index contributed by atoms with van der Waals surface area (Å²) in [5.74, 6) is 0.0380. The van der Waals surface area contributed by atoms with Gasteiger partial charge in [-0.25, -0.2) is 0 Å². The molecule has 2 aromatic carbocycles. The highest BCUT2D eigenvalue weighted by Crippen LogP contribution is 2.21. The minimum Gasteiger partial charge on any atom is -0.393 e. The molecule has 1 aliphatic rings. The topological polar surface area (TPSA) is 52.6 Å². The SMILES string of the molecule is C[C@@H](NC(=O)CN1CCC(O)CC1)c1ccc(-c2ccccc2)cc1. The fourth-order valence-electron chi connectivity index (χ4n) is 3.25. The number of likely N-dealkylation sites (tertiary alicyclic amines) is 1. The maximum atomic E-state index is 12.2. The van der Waals surface area contributed by atoms with Crippen molar-refractivity contribution in [3.8, 4) is 11.1 Å². The zero-order valence-corrected chi connectivity index (χ0v) is 14.7. The lowest BCUT2D eigenvalue weighted by atomic mass is 10.0. The smallest absolute Gasteiger partial charge is 0.234 e. The van der Waals surface area contributed by atoms with Crippen molar-refractivity contribution in [2.24, 2.45) is 0 Å². The van der Waals surface area contributed by atoms with Crippen LogP contribution in [0.4, 0.5) is 0 Å². The van der Waals surface area contributed by atoms with E-state index in [0.717, 1.165) is 31.5 Å². The van der Waals surface area contributed by atoms with E-state index in [9.17, 15) is 9.90 Å². The van der Waals surface area contributed by atoms with Crippen molar-refractivity contribution >= 4 is 5.91 Å². The van der Waals surface area contributed by atoms with Crippen LogP contribution in [-0.2, 0) is 4.79 Å². The van der Waals surface area contributed by atoms with Gasteiger partial charge in [-0.05, 0) is 36.5 Å². The zero-order valence-electron chi connectivity index (χ0n) is 14.7. The van der Waals surface area contributed by atoms with Crippen LogP contribution in [0.5, 0.6) is 0 Å². The van der Waals surface area contributed by atoms with Crippen molar-refractivity contribution in [1.29, 1.82) is 0 Å². The Labute approximate surface area is 149 Å². The summed E-state index contributed by atoms with van der Waals surface area (Å²) in [5, 5.41) is 12.6. The van der Waals surface area contributed by atoms with Gasteiger partial charge in [0.05, 0.1) is 18.7 Å². The Bertz CT molecular complexity index is 677. The van der Waals surface area contributed by atoms with Crippen molar-refractivity contribution < 1.29 is 9.90 Å². The number of carbonyl (C=O) groups is 1. The summed E-state index contributed by atoms with van der Waals surface area (Å²) >= 11 is 0. The molecule has 0 radical (unpaired) electrons. The second-order valence-electron chi connectivity index (χ2n) is 6.78. The molecule has 1 atom stereocenters. The first-order valence-electron chi connectivity index (χ1n) is 8.97. The molecule has 132 valence electrons. The highest BCUT2D eigenvalue weighted by molar-refractivity contribution is 5.78. The molecule has 1 fully saturated rings. The summed E-state index contributed by atoms with van der Waals surface area (Å²) in [6.07, 6.45) is 1.30. The molecule has 0 aliphatic carbocycles. The van der Waals surface area contributed by atoms with Crippen molar-refractivity contribution in [3.63, 3.8) is 0 Å². The second-order valence-corrected chi connectivity index (χ2v) is 6.78. The van der Waals surface area contributed by atoms with Gasteiger partial charge in [-0.2, -0.15) is 0 Å². The first kappa shape index (κ1) is 17.6. The van der Waals surface area contributed by atoms with Crippen LogP contribution in [0.15, 0.2) is 54.6 Å². The number of nitrogens with one attached hydrogen (secondary N) is 1. The van der Waals surface area contributed by atoms with Crippen molar-refractivity contribution in [2.45, 2.75) is 31.9 Å². The van der Waals surface area contributed by atoms with E-state index in [2.05, 4.69) is 46.6 Å². The van der Waals surface area contributed by atoms with Crippen LogP contribution in [0.2, 0.25) is 0 Å². The molecule has 1 amide bonds. The number of carbonyl (C=O) groups excluding carboxylic acids is 1. The molecule has 0 bridgehead atoms. The van der Waals surface area contributed by atoms with Crippen LogP contribution < -0.4 is 5.32 Å². The van der Waals surface area contributed by atoms with E-state index >= 15 is 0 Å².